The average molecular weight is 311 g/mol. The van der Waals surface area contributed by atoms with Crippen LogP contribution in [0.5, 0.6) is 0 Å². The van der Waals surface area contributed by atoms with Crippen LogP contribution in [0.2, 0.25) is 0 Å². The first-order valence-corrected chi connectivity index (χ1v) is 10.6. The molecule has 124 valence electrons. The van der Waals surface area contributed by atoms with Gasteiger partial charge in [0.2, 0.25) is 0 Å². The predicted molar refractivity (Wildman–Crippen MR) is 99.0 cm³/mol. The molecule has 0 aromatic carbocycles. The van der Waals surface area contributed by atoms with Crippen molar-refractivity contribution in [3.05, 3.63) is 0 Å². The van der Waals surface area contributed by atoms with Crippen molar-refractivity contribution in [3.8, 4) is 0 Å². The van der Waals surface area contributed by atoms with Crippen LogP contribution < -0.4 is 0 Å². The van der Waals surface area contributed by atoms with Crippen molar-refractivity contribution in [2.45, 2.75) is 115 Å². The van der Waals surface area contributed by atoms with Crippen LogP contribution in [0, 0.1) is 11.8 Å². The molecule has 1 heteroatoms. The van der Waals surface area contributed by atoms with Gasteiger partial charge in [-0.05, 0) is 49.1 Å². The molecule has 0 aromatic heterocycles. The summed E-state index contributed by atoms with van der Waals surface area (Å²) in [7, 11) is 3.45. The molecule has 0 nitrogen and oxygen atoms in total. The quantitative estimate of drug-likeness (QED) is 0.330. The molecule has 1 unspecified atom stereocenters. The minimum atomic E-state index is 0.604. The molecule has 0 heterocycles. The SMILES string of the molecule is CCCCCCCC(P)(C1CCCCC1)C1CCCCC1. The summed E-state index contributed by atoms with van der Waals surface area (Å²) in [5, 5.41) is 0.604. The molecule has 0 radical (unpaired) electrons. The Hall–Kier alpha value is 0.430. The van der Waals surface area contributed by atoms with Gasteiger partial charge in [-0.2, -0.15) is 0 Å². The summed E-state index contributed by atoms with van der Waals surface area (Å²) in [4.78, 5) is 0. The van der Waals surface area contributed by atoms with Gasteiger partial charge in [-0.3, -0.25) is 0 Å². The van der Waals surface area contributed by atoms with Crippen LogP contribution in [-0.2, 0) is 0 Å². The summed E-state index contributed by atoms with van der Waals surface area (Å²) in [6, 6.07) is 0. The van der Waals surface area contributed by atoms with Crippen molar-refractivity contribution in [2.75, 3.05) is 0 Å². The Morgan fingerprint density at radius 2 is 1.19 bits per heavy atom. The van der Waals surface area contributed by atoms with Gasteiger partial charge in [0.15, 0.2) is 0 Å². The van der Waals surface area contributed by atoms with Crippen LogP contribution in [0.25, 0.3) is 0 Å². The molecule has 2 saturated carbocycles. The van der Waals surface area contributed by atoms with E-state index in [4.69, 9.17) is 0 Å². The van der Waals surface area contributed by atoms with Crippen molar-refractivity contribution in [2.24, 2.45) is 11.8 Å². The van der Waals surface area contributed by atoms with Gasteiger partial charge in [0.1, 0.15) is 0 Å². The number of rotatable bonds is 8. The minimum Gasteiger partial charge on any atom is -0.131 e. The lowest BCUT2D eigenvalue weighted by molar-refractivity contribution is 0.162. The molecular weight excluding hydrogens is 271 g/mol. The highest BCUT2D eigenvalue weighted by atomic mass is 31.0. The molecule has 21 heavy (non-hydrogen) atoms. The van der Waals surface area contributed by atoms with Crippen LogP contribution in [0.4, 0.5) is 0 Å². The van der Waals surface area contributed by atoms with Crippen molar-refractivity contribution in [1.82, 2.24) is 0 Å². The molecule has 2 rings (SSSR count). The van der Waals surface area contributed by atoms with Crippen LogP contribution in [0.3, 0.4) is 0 Å². The molecule has 0 aromatic rings. The average Bonchev–Trinajstić information content (AvgIpc) is 2.56. The molecule has 0 N–H and O–H groups in total. The maximum atomic E-state index is 3.45. The van der Waals surface area contributed by atoms with E-state index in [-0.39, 0.29) is 0 Å². The summed E-state index contributed by atoms with van der Waals surface area (Å²) in [6.07, 6.45) is 23.8. The summed E-state index contributed by atoms with van der Waals surface area (Å²) in [5.41, 5.74) is 0. The summed E-state index contributed by atoms with van der Waals surface area (Å²) in [6.45, 7) is 2.32. The van der Waals surface area contributed by atoms with E-state index in [0.29, 0.717) is 5.16 Å². The molecular formula is C20H39P. The number of hydrogen-bond donors (Lipinski definition) is 0. The third kappa shape index (κ3) is 5.23. The van der Waals surface area contributed by atoms with E-state index in [2.05, 4.69) is 16.2 Å². The van der Waals surface area contributed by atoms with E-state index in [1.54, 1.807) is 0 Å². The maximum absolute atomic E-state index is 3.45. The van der Waals surface area contributed by atoms with Gasteiger partial charge < -0.3 is 0 Å². The van der Waals surface area contributed by atoms with Gasteiger partial charge in [0, 0.05) is 0 Å². The Labute approximate surface area is 136 Å². The second-order valence-electron chi connectivity index (χ2n) is 7.95. The lowest BCUT2D eigenvalue weighted by atomic mass is 9.67. The predicted octanol–water partition coefficient (Wildman–Crippen LogP) is 7.12. The number of hydrogen-bond acceptors (Lipinski definition) is 0. The van der Waals surface area contributed by atoms with Crippen molar-refractivity contribution < 1.29 is 0 Å². The summed E-state index contributed by atoms with van der Waals surface area (Å²) < 4.78 is 0. The molecule has 2 fully saturated rings. The van der Waals surface area contributed by atoms with E-state index in [0.717, 1.165) is 11.8 Å². The lowest BCUT2D eigenvalue weighted by Gasteiger charge is -2.47. The summed E-state index contributed by atoms with van der Waals surface area (Å²) >= 11 is 0. The lowest BCUT2D eigenvalue weighted by Crippen LogP contribution is -2.41. The van der Waals surface area contributed by atoms with Crippen LogP contribution in [-0.4, -0.2) is 5.16 Å². The Balaban J connectivity index is 1.91. The zero-order valence-corrected chi connectivity index (χ0v) is 15.7. The van der Waals surface area contributed by atoms with Gasteiger partial charge >= 0.3 is 0 Å². The molecule has 2 aliphatic rings. The van der Waals surface area contributed by atoms with Crippen LogP contribution in [0.1, 0.15) is 110 Å². The highest BCUT2D eigenvalue weighted by Gasteiger charge is 2.41. The standard InChI is InChI=1S/C20H39P/c1-2-3-4-5-12-17-20(21,18-13-8-6-9-14-18)19-15-10-7-11-16-19/h18-19H,2-17,21H2,1H3. The molecule has 1 atom stereocenters. The zero-order valence-electron chi connectivity index (χ0n) is 14.5. The fourth-order valence-electron chi connectivity index (χ4n) is 5.06. The van der Waals surface area contributed by atoms with Gasteiger partial charge in [-0.25, -0.2) is 0 Å². The smallest absolute Gasteiger partial charge is 0.00938 e. The van der Waals surface area contributed by atoms with Crippen LogP contribution >= 0.6 is 9.24 Å². The van der Waals surface area contributed by atoms with E-state index < -0.39 is 0 Å². The molecule has 0 aliphatic heterocycles. The Bertz CT molecular complexity index is 243. The van der Waals surface area contributed by atoms with Gasteiger partial charge in [-0.1, -0.05) is 77.6 Å². The van der Waals surface area contributed by atoms with Gasteiger partial charge in [0.05, 0.1) is 0 Å². The molecule has 0 bridgehead atoms. The largest absolute Gasteiger partial charge is 0.131 e. The highest BCUT2D eigenvalue weighted by Crippen LogP contribution is 2.51. The second kappa shape index (κ2) is 9.54. The van der Waals surface area contributed by atoms with E-state index in [9.17, 15) is 0 Å². The Kier molecular flexibility index (Phi) is 8.08. The second-order valence-corrected chi connectivity index (χ2v) is 9.02. The first kappa shape index (κ1) is 17.8. The Morgan fingerprint density at radius 1 is 0.714 bits per heavy atom. The Morgan fingerprint density at radius 3 is 1.67 bits per heavy atom. The van der Waals surface area contributed by atoms with Gasteiger partial charge in [-0.15, -0.1) is 9.24 Å². The van der Waals surface area contributed by atoms with E-state index in [1.165, 1.54) is 103 Å². The zero-order chi connectivity index (χ0) is 15.0. The molecule has 0 spiro atoms. The number of unbranched alkanes of at least 4 members (excludes halogenated alkanes) is 4. The molecule has 0 amide bonds. The van der Waals surface area contributed by atoms with E-state index >= 15 is 0 Å². The van der Waals surface area contributed by atoms with Gasteiger partial charge in [0.25, 0.3) is 0 Å². The van der Waals surface area contributed by atoms with Crippen LogP contribution in [0.15, 0.2) is 0 Å². The fourth-order valence-corrected chi connectivity index (χ4v) is 5.93. The maximum Gasteiger partial charge on any atom is -0.00938 e. The normalized spacial score (nSPS) is 22.6. The highest BCUT2D eigenvalue weighted by molar-refractivity contribution is 7.19. The summed E-state index contributed by atoms with van der Waals surface area (Å²) in [5.74, 6) is 2.04. The third-order valence-corrected chi connectivity index (χ3v) is 7.68. The first-order valence-electron chi connectivity index (χ1n) is 10.1. The van der Waals surface area contributed by atoms with E-state index in [1.807, 2.05) is 0 Å². The third-order valence-electron chi connectivity index (χ3n) is 6.44. The van der Waals surface area contributed by atoms with Crippen molar-refractivity contribution >= 4 is 9.24 Å². The molecule has 0 saturated heterocycles. The molecule has 2 aliphatic carbocycles. The fraction of sp³-hybridized carbons (Fsp3) is 1.00. The van der Waals surface area contributed by atoms with Crippen molar-refractivity contribution in [3.63, 3.8) is 0 Å². The van der Waals surface area contributed by atoms with Crippen molar-refractivity contribution in [1.29, 1.82) is 0 Å². The minimum absolute atomic E-state index is 0.604. The first-order chi connectivity index (χ1) is 10.3. The monoisotopic (exact) mass is 310 g/mol. The topological polar surface area (TPSA) is 0 Å².